The minimum atomic E-state index is -1.30. The average molecular weight is 475 g/mol. The first-order valence-corrected chi connectivity index (χ1v) is 11.5. The second kappa shape index (κ2) is 8.23. The highest BCUT2D eigenvalue weighted by Crippen LogP contribution is 2.38. The van der Waals surface area contributed by atoms with E-state index in [1.165, 1.54) is 12.3 Å². The number of pyridine rings is 1. The number of hydrogen-bond donors (Lipinski definition) is 1. The van der Waals surface area contributed by atoms with Crippen molar-refractivity contribution in [3.8, 4) is 11.5 Å². The van der Waals surface area contributed by atoms with Crippen LogP contribution in [0, 0.1) is 5.82 Å². The maximum atomic E-state index is 15.2. The van der Waals surface area contributed by atoms with Gasteiger partial charge >= 0.3 is 12.0 Å². The van der Waals surface area contributed by atoms with Crippen molar-refractivity contribution in [3.63, 3.8) is 0 Å². The van der Waals surface area contributed by atoms with Crippen LogP contribution in [0.3, 0.4) is 0 Å². The van der Waals surface area contributed by atoms with Crippen LogP contribution >= 0.6 is 0 Å². The molecule has 6 rings (SSSR count). The van der Waals surface area contributed by atoms with Gasteiger partial charge in [0.25, 0.3) is 0 Å². The minimum absolute atomic E-state index is 0.0935. The lowest BCUT2D eigenvalue weighted by atomic mass is 10.1. The zero-order chi connectivity index (χ0) is 24.1. The molecule has 2 aromatic heterocycles. The standard InChI is InChI=1S/C25H22FN5O4/c26-19-12-17-20(31(16-6-7-16)14-18(22(17)32)24(33)34)13-21(19)29-8-10-30(11-9-29)25-28-27-23(35-25)15-4-2-1-3-5-15/h1-5,12-14,16H,6-11H2,(H,33,34). The summed E-state index contributed by atoms with van der Waals surface area (Å²) in [5.41, 5.74) is 0.802. The molecule has 35 heavy (non-hydrogen) atoms. The Labute approximate surface area is 199 Å². The summed E-state index contributed by atoms with van der Waals surface area (Å²) in [6, 6.07) is 12.9. The highest BCUT2D eigenvalue weighted by molar-refractivity contribution is 5.93. The summed E-state index contributed by atoms with van der Waals surface area (Å²) in [4.78, 5) is 28.1. The molecule has 9 nitrogen and oxygen atoms in total. The highest BCUT2D eigenvalue weighted by Gasteiger charge is 2.29. The van der Waals surface area contributed by atoms with Gasteiger partial charge in [-0.15, -0.1) is 5.10 Å². The molecule has 2 aromatic carbocycles. The maximum Gasteiger partial charge on any atom is 0.341 e. The fourth-order valence-corrected chi connectivity index (χ4v) is 4.59. The Balaban J connectivity index is 1.27. The van der Waals surface area contributed by atoms with Crippen LogP contribution in [0.1, 0.15) is 29.2 Å². The van der Waals surface area contributed by atoms with Gasteiger partial charge < -0.3 is 23.9 Å². The number of anilines is 2. The summed E-state index contributed by atoms with van der Waals surface area (Å²) in [6.07, 6.45) is 3.19. The van der Waals surface area contributed by atoms with Gasteiger partial charge in [0.05, 0.1) is 11.2 Å². The molecule has 3 heterocycles. The summed E-state index contributed by atoms with van der Waals surface area (Å²) >= 11 is 0. The van der Waals surface area contributed by atoms with Gasteiger partial charge in [0.2, 0.25) is 11.3 Å². The van der Waals surface area contributed by atoms with E-state index in [-0.39, 0.29) is 17.0 Å². The number of fused-ring (bicyclic) bond motifs is 1. The molecule has 4 aromatic rings. The number of aromatic carboxylic acids is 1. The Hall–Kier alpha value is -4.21. The molecule has 10 heteroatoms. The first kappa shape index (κ1) is 21.3. The largest absolute Gasteiger partial charge is 0.477 e. The van der Waals surface area contributed by atoms with E-state index >= 15 is 4.39 Å². The van der Waals surface area contributed by atoms with Crippen LogP contribution in [0.5, 0.6) is 0 Å². The molecule has 1 aliphatic heterocycles. The number of piperazine rings is 1. The summed E-state index contributed by atoms with van der Waals surface area (Å²) in [7, 11) is 0. The molecule has 1 aliphatic carbocycles. The second-order valence-corrected chi connectivity index (χ2v) is 8.87. The monoisotopic (exact) mass is 475 g/mol. The van der Waals surface area contributed by atoms with Crippen molar-refractivity contribution in [1.82, 2.24) is 14.8 Å². The molecule has 0 atom stereocenters. The molecule has 0 amide bonds. The van der Waals surface area contributed by atoms with Gasteiger partial charge in [0, 0.05) is 49.4 Å². The lowest BCUT2D eigenvalue weighted by Crippen LogP contribution is -2.47. The third-order valence-corrected chi connectivity index (χ3v) is 6.60. The van der Waals surface area contributed by atoms with Crippen molar-refractivity contribution >= 4 is 28.6 Å². The normalized spacial score (nSPS) is 16.1. The number of nitrogens with zero attached hydrogens (tertiary/aromatic N) is 5. The zero-order valence-corrected chi connectivity index (χ0v) is 18.7. The van der Waals surface area contributed by atoms with Crippen molar-refractivity contribution < 1.29 is 18.7 Å². The Bertz CT molecular complexity index is 1490. The van der Waals surface area contributed by atoms with E-state index in [0.717, 1.165) is 18.4 Å². The number of carbonyl (C=O) groups is 1. The number of benzene rings is 2. The summed E-state index contributed by atoms with van der Waals surface area (Å²) < 4.78 is 22.8. The van der Waals surface area contributed by atoms with Crippen LogP contribution in [0.25, 0.3) is 22.4 Å². The van der Waals surface area contributed by atoms with E-state index in [2.05, 4.69) is 10.2 Å². The number of aromatic nitrogens is 3. The lowest BCUT2D eigenvalue weighted by molar-refractivity contribution is 0.0695. The van der Waals surface area contributed by atoms with E-state index in [1.807, 2.05) is 44.7 Å². The Morgan fingerprint density at radius 3 is 2.43 bits per heavy atom. The molecule has 0 radical (unpaired) electrons. The zero-order valence-electron chi connectivity index (χ0n) is 18.7. The van der Waals surface area contributed by atoms with Crippen molar-refractivity contribution in [2.75, 3.05) is 36.0 Å². The van der Waals surface area contributed by atoms with Crippen molar-refractivity contribution in [2.45, 2.75) is 18.9 Å². The van der Waals surface area contributed by atoms with Crippen molar-refractivity contribution in [2.24, 2.45) is 0 Å². The summed E-state index contributed by atoms with van der Waals surface area (Å²) in [5.74, 6) is -1.40. The number of carboxylic acid groups (broad SMARTS) is 1. The van der Waals surface area contributed by atoms with Crippen LogP contribution in [0.2, 0.25) is 0 Å². The van der Waals surface area contributed by atoms with E-state index in [4.69, 9.17) is 4.42 Å². The second-order valence-electron chi connectivity index (χ2n) is 8.87. The lowest BCUT2D eigenvalue weighted by Gasteiger charge is -2.35. The quantitative estimate of drug-likeness (QED) is 0.467. The average Bonchev–Trinajstić information content (AvgIpc) is 3.60. The molecule has 0 bridgehead atoms. The predicted octanol–water partition coefficient (Wildman–Crippen LogP) is 3.55. The third-order valence-electron chi connectivity index (χ3n) is 6.60. The number of hydrogen-bond acceptors (Lipinski definition) is 7. The van der Waals surface area contributed by atoms with E-state index in [1.54, 1.807) is 6.07 Å². The van der Waals surface area contributed by atoms with Crippen molar-refractivity contribution in [1.29, 1.82) is 0 Å². The van der Waals surface area contributed by atoms with E-state index in [0.29, 0.717) is 49.3 Å². The molecule has 178 valence electrons. The van der Waals surface area contributed by atoms with Crippen molar-refractivity contribution in [3.05, 3.63) is 70.3 Å². The van der Waals surface area contributed by atoms with Crippen LogP contribution in [0.4, 0.5) is 16.1 Å². The fourth-order valence-electron chi connectivity index (χ4n) is 4.59. The smallest absolute Gasteiger partial charge is 0.341 e. The maximum absolute atomic E-state index is 15.2. The van der Waals surface area contributed by atoms with E-state index < -0.39 is 17.2 Å². The molecule has 1 saturated carbocycles. The van der Waals surface area contributed by atoms with Crippen LogP contribution in [-0.4, -0.2) is 52.0 Å². The van der Waals surface area contributed by atoms with Crippen LogP contribution in [-0.2, 0) is 0 Å². The predicted molar refractivity (Wildman–Crippen MR) is 128 cm³/mol. The third kappa shape index (κ3) is 3.80. The molecule has 1 saturated heterocycles. The molecule has 0 unspecified atom stereocenters. The SMILES string of the molecule is O=C(O)c1cn(C2CC2)c2cc(N3CCN(c4nnc(-c5ccccc5)o4)CC3)c(F)cc2c1=O. The molecule has 2 fully saturated rings. The summed E-state index contributed by atoms with van der Waals surface area (Å²) in [6.45, 7) is 2.15. The Morgan fingerprint density at radius 1 is 1.03 bits per heavy atom. The fraction of sp³-hybridized carbons (Fsp3) is 0.280. The van der Waals surface area contributed by atoms with E-state index in [9.17, 15) is 14.7 Å². The van der Waals surface area contributed by atoms with Gasteiger partial charge in [0.15, 0.2) is 0 Å². The molecular weight excluding hydrogens is 453 g/mol. The topological polar surface area (TPSA) is 105 Å². The minimum Gasteiger partial charge on any atom is -0.477 e. The number of rotatable bonds is 5. The van der Waals surface area contributed by atoms with Crippen LogP contribution < -0.4 is 15.2 Å². The first-order valence-electron chi connectivity index (χ1n) is 11.5. The van der Waals surface area contributed by atoms with Gasteiger partial charge in [-0.05, 0) is 37.1 Å². The van der Waals surface area contributed by atoms with Gasteiger partial charge in [-0.25, -0.2) is 9.18 Å². The van der Waals surface area contributed by atoms with Gasteiger partial charge in [-0.3, -0.25) is 4.79 Å². The molecule has 2 aliphatic rings. The Kier molecular flexibility index (Phi) is 5.01. The van der Waals surface area contributed by atoms with Gasteiger partial charge in [-0.2, -0.15) is 0 Å². The van der Waals surface area contributed by atoms with Gasteiger partial charge in [-0.1, -0.05) is 23.3 Å². The Morgan fingerprint density at radius 2 is 1.74 bits per heavy atom. The molecule has 0 spiro atoms. The molecular formula is C25H22FN5O4. The molecule has 1 N–H and O–H groups in total. The number of halogens is 1. The highest BCUT2D eigenvalue weighted by atomic mass is 19.1. The first-order chi connectivity index (χ1) is 17.0. The van der Waals surface area contributed by atoms with Crippen LogP contribution in [0.15, 0.2) is 57.9 Å². The summed E-state index contributed by atoms with van der Waals surface area (Å²) in [5, 5.41) is 17.8. The van der Waals surface area contributed by atoms with Gasteiger partial charge in [0.1, 0.15) is 11.4 Å². The number of carboxylic acids is 1.